The molecular weight excluding hydrogens is 442 g/mol. The van der Waals surface area contributed by atoms with E-state index in [4.69, 9.17) is 14.2 Å². The fourth-order valence-electron chi connectivity index (χ4n) is 4.60. The number of aromatic nitrogens is 2. The highest BCUT2D eigenvalue weighted by atomic mass is 19.1. The van der Waals surface area contributed by atoms with Crippen molar-refractivity contribution >= 4 is 10.9 Å². The molecule has 3 aromatic rings. The SMILES string of the molecule is COc1cc(F)c2ncc(F)c(CCN3CCC(NCc4cc5c(cn4)OCCO5)CC3)c2c1. The fourth-order valence-corrected chi connectivity index (χ4v) is 4.60. The van der Waals surface area contributed by atoms with Crippen LogP contribution < -0.4 is 19.5 Å². The van der Waals surface area contributed by atoms with Gasteiger partial charge in [-0.3, -0.25) is 9.97 Å². The van der Waals surface area contributed by atoms with Crippen molar-refractivity contribution in [2.45, 2.75) is 31.8 Å². The van der Waals surface area contributed by atoms with E-state index in [1.54, 1.807) is 12.3 Å². The van der Waals surface area contributed by atoms with Gasteiger partial charge >= 0.3 is 0 Å². The van der Waals surface area contributed by atoms with Gasteiger partial charge in [0.15, 0.2) is 17.3 Å². The number of hydrogen-bond donors (Lipinski definition) is 1. The lowest BCUT2D eigenvalue weighted by molar-refractivity contribution is 0.170. The molecule has 7 nitrogen and oxygen atoms in total. The molecule has 180 valence electrons. The van der Waals surface area contributed by atoms with Crippen LogP contribution in [-0.4, -0.2) is 60.9 Å². The fraction of sp³-hybridized carbons (Fsp3) is 0.440. The first-order valence-corrected chi connectivity index (χ1v) is 11.6. The van der Waals surface area contributed by atoms with Crippen molar-refractivity contribution in [1.82, 2.24) is 20.2 Å². The van der Waals surface area contributed by atoms with Gasteiger partial charge < -0.3 is 24.4 Å². The number of benzene rings is 1. The van der Waals surface area contributed by atoms with Crippen LogP contribution in [0.15, 0.2) is 30.6 Å². The lowest BCUT2D eigenvalue weighted by Gasteiger charge is -2.32. The molecule has 1 fully saturated rings. The summed E-state index contributed by atoms with van der Waals surface area (Å²) in [6.07, 6.45) is 5.29. The van der Waals surface area contributed by atoms with Gasteiger partial charge in [0.05, 0.1) is 25.2 Å². The van der Waals surface area contributed by atoms with Crippen LogP contribution in [-0.2, 0) is 13.0 Å². The summed E-state index contributed by atoms with van der Waals surface area (Å²) in [5.74, 6) is 0.890. The standard InChI is InChI=1S/C25H28F2N4O3/c1-32-18-11-20-19(22(27)14-30-25(20)21(26)12-18)4-7-31-5-2-16(3-6-31)28-13-17-10-23-24(15-29-17)34-9-8-33-23/h10-12,14-16,28H,2-9,13H2,1H3. The van der Waals surface area contributed by atoms with Gasteiger partial charge in [-0.25, -0.2) is 8.78 Å². The predicted molar refractivity (Wildman–Crippen MR) is 123 cm³/mol. The Balaban J connectivity index is 1.15. The number of methoxy groups -OCH3 is 1. The highest BCUT2D eigenvalue weighted by Gasteiger charge is 2.21. The molecule has 0 unspecified atom stereocenters. The Bertz CT molecular complexity index is 1170. The van der Waals surface area contributed by atoms with Gasteiger partial charge in [0.25, 0.3) is 0 Å². The molecule has 0 spiro atoms. The molecule has 9 heteroatoms. The zero-order valence-electron chi connectivity index (χ0n) is 19.2. The summed E-state index contributed by atoms with van der Waals surface area (Å²) < 4.78 is 45.3. The van der Waals surface area contributed by atoms with Crippen LogP contribution in [0.2, 0.25) is 0 Å². The zero-order chi connectivity index (χ0) is 23.5. The highest BCUT2D eigenvalue weighted by molar-refractivity contribution is 5.84. The molecule has 0 bridgehead atoms. The molecule has 4 heterocycles. The number of likely N-dealkylation sites (tertiary alicyclic amines) is 1. The van der Waals surface area contributed by atoms with Crippen LogP contribution >= 0.6 is 0 Å². The van der Waals surface area contributed by atoms with E-state index in [-0.39, 0.29) is 5.52 Å². The summed E-state index contributed by atoms with van der Waals surface area (Å²) in [5, 5.41) is 4.05. The van der Waals surface area contributed by atoms with Gasteiger partial charge in [-0.05, 0) is 38.4 Å². The summed E-state index contributed by atoms with van der Waals surface area (Å²) in [5.41, 5.74) is 1.58. The number of nitrogens with zero attached hydrogens (tertiary/aromatic N) is 3. The van der Waals surface area contributed by atoms with E-state index in [0.29, 0.717) is 61.2 Å². The van der Waals surface area contributed by atoms with Crippen LogP contribution in [0.1, 0.15) is 24.1 Å². The van der Waals surface area contributed by atoms with Crippen LogP contribution in [0, 0.1) is 11.6 Å². The minimum absolute atomic E-state index is 0.174. The molecular formula is C25H28F2N4O3. The van der Waals surface area contributed by atoms with Crippen molar-refractivity contribution in [3.63, 3.8) is 0 Å². The average molecular weight is 471 g/mol. The molecule has 0 amide bonds. The molecule has 0 saturated carbocycles. The molecule has 34 heavy (non-hydrogen) atoms. The summed E-state index contributed by atoms with van der Waals surface area (Å²) in [6.45, 7) is 4.31. The molecule has 1 saturated heterocycles. The van der Waals surface area contributed by atoms with E-state index in [2.05, 4.69) is 20.2 Å². The Morgan fingerprint density at radius 3 is 2.62 bits per heavy atom. The first-order valence-electron chi connectivity index (χ1n) is 11.6. The van der Waals surface area contributed by atoms with Crippen LogP contribution in [0.3, 0.4) is 0 Å². The highest BCUT2D eigenvalue weighted by Crippen LogP contribution is 2.30. The molecule has 1 N–H and O–H groups in total. The number of piperidine rings is 1. The molecule has 0 radical (unpaired) electrons. The normalized spacial score (nSPS) is 16.7. The Morgan fingerprint density at radius 1 is 1.03 bits per heavy atom. The number of pyridine rings is 2. The Kier molecular flexibility index (Phi) is 6.73. The number of rotatable bonds is 7. The lowest BCUT2D eigenvalue weighted by Crippen LogP contribution is -2.43. The van der Waals surface area contributed by atoms with E-state index in [1.165, 1.54) is 13.2 Å². The van der Waals surface area contributed by atoms with E-state index >= 15 is 0 Å². The van der Waals surface area contributed by atoms with Gasteiger partial charge in [-0.15, -0.1) is 0 Å². The monoisotopic (exact) mass is 470 g/mol. The van der Waals surface area contributed by atoms with Gasteiger partial charge in [0.1, 0.15) is 30.3 Å². The van der Waals surface area contributed by atoms with Crippen molar-refractivity contribution < 1.29 is 23.0 Å². The molecule has 0 aliphatic carbocycles. The van der Waals surface area contributed by atoms with Crippen molar-refractivity contribution in [2.24, 2.45) is 0 Å². The number of nitrogens with one attached hydrogen (secondary N) is 1. The average Bonchev–Trinajstić information content (AvgIpc) is 2.87. The Hall–Kier alpha value is -3.04. The third-order valence-electron chi connectivity index (χ3n) is 6.52. The van der Waals surface area contributed by atoms with Gasteiger partial charge in [-0.1, -0.05) is 0 Å². The predicted octanol–water partition coefficient (Wildman–Crippen LogP) is 3.48. The van der Waals surface area contributed by atoms with Crippen molar-refractivity contribution in [2.75, 3.05) is 40.0 Å². The Morgan fingerprint density at radius 2 is 1.82 bits per heavy atom. The lowest BCUT2D eigenvalue weighted by atomic mass is 10.0. The number of fused-ring (bicyclic) bond motifs is 2. The zero-order valence-corrected chi connectivity index (χ0v) is 19.2. The third kappa shape index (κ3) is 4.90. The summed E-state index contributed by atoms with van der Waals surface area (Å²) in [6, 6.07) is 5.26. The van der Waals surface area contributed by atoms with Crippen LogP contribution in [0.5, 0.6) is 17.2 Å². The first kappa shape index (κ1) is 22.7. The largest absolute Gasteiger partial charge is 0.497 e. The van der Waals surface area contributed by atoms with E-state index < -0.39 is 11.6 Å². The summed E-state index contributed by atoms with van der Waals surface area (Å²) in [4.78, 5) is 10.7. The van der Waals surface area contributed by atoms with E-state index in [9.17, 15) is 8.78 Å². The molecule has 1 aromatic carbocycles. The van der Waals surface area contributed by atoms with Crippen LogP contribution in [0.25, 0.3) is 10.9 Å². The molecule has 0 atom stereocenters. The first-order chi connectivity index (χ1) is 16.6. The second-order valence-corrected chi connectivity index (χ2v) is 8.66. The summed E-state index contributed by atoms with van der Waals surface area (Å²) in [7, 11) is 1.47. The summed E-state index contributed by atoms with van der Waals surface area (Å²) >= 11 is 0. The maximum Gasteiger partial charge on any atom is 0.179 e. The van der Waals surface area contributed by atoms with Gasteiger partial charge in [0.2, 0.25) is 0 Å². The molecule has 2 aliphatic rings. The smallest absolute Gasteiger partial charge is 0.179 e. The number of hydrogen-bond acceptors (Lipinski definition) is 7. The van der Waals surface area contributed by atoms with Crippen molar-refractivity contribution in [3.8, 4) is 17.2 Å². The second-order valence-electron chi connectivity index (χ2n) is 8.66. The molecule has 5 rings (SSSR count). The van der Waals surface area contributed by atoms with Crippen molar-refractivity contribution in [1.29, 1.82) is 0 Å². The third-order valence-corrected chi connectivity index (χ3v) is 6.52. The van der Waals surface area contributed by atoms with Crippen LogP contribution in [0.4, 0.5) is 8.78 Å². The van der Waals surface area contributed by atoms with E-state index in [1.807, 2.05) is 6.07 Å². The number of ether oxygens (including phenoxy) is 3. The molecule has 2 aliphatic heterocycles. The maximum atomic E-state index is 14.6. The minimum atomic E-state index is -0.505. The number of halogens is 2. The topological polar surface area (TPSA) is 68.7 Å². The molecule has 2 aromatic heterocycles. The minimum Gasteiger partial charge on any atom is -0.497 e. The van der Waals surface area contributed by atoms with Gasteiger partial charge in [-0.2, -0.15) is 0 Å². The van der Waals surface area contributed by atoms with E-state index in [0.717, 1.165) is 43.6 Å². The Labute approximate surface area is 197 Å². The van der Waals surface area contributed by atoms with Crippen molar-refractivity contribution in [3.05, 3.63) is 53.5 Å². The second kappa shape index (κ2) is 10.1. The quantitative estimate of drug-likeness (QED) is 0.567. The van der Waals surface area contributed by atoms with Gasteiger partial charge in [0, 0.05) is 42.2 Å². The maximum absolute atomic E-state index is 14.6.